The van der Waals surface area contributed by atoms with Gasteiger partial charge in [0.1, 0.15) is 5.69 Å². The van der Waals surface area contributed by atoms with Crippen molar-refractivity contribution in [2.45, 2.75) is 44.7 Å². The number of carbonyl (C=O) groups is 1. The molecule has 1 fully saturated rings. The van der Waals surface area contributed by atoms with Crippen molar-refractivity contribution < 1.29 is 4.79 Å². The molecule has 1 heterocycles. The van der Waals surface area contributed by atoms with Crippen LogP contribution >= 0.6 is 0 Å². The van der Waals surface area contributed by atoms with Crippen molar-refractivity contribution in [2.75, 3.05) is 0 Å². The summed E-state index contributed by atoms with van der Waals surface area (Å²) in [6.07, 6.45) is 4.26. The third-order valence-corrected chi connectivity index (χ3v) is 3.07. The van der Waals surface area contributed by atoms with Gasteiger partial charge in [0.15, 0.2) is 0 Å². The summed E-state index contributed by atoms with van der Waals surface area (Å²) in [5, 5.41) is 9.64. The van der Waals surface area contributed by atoms with Gasteiger partial charge in [0, 0.05) is 17.8 Å². The Morgan fingerprint density at radius 3 is 2.94 bits per heavy atom. The SMILES string of the molecule is Cc1cc(C(=O)NC2CCCCC2N)n[nH]1. The van der Waals surface area contributed by atoms with Crippen molar-refractivity contribution in [1.29, 1.82) is 0 Å². The van der Waals surface area contributed by atoms with Gasteiger partial charge < -0.3 is 11.1 Å². The number of aromatic amines is 1. The van der Waals surface area contributed by atoms with Gasteiger partial charge in [-0.15, -0.1) is 0 Å². The number of rotatable bonds is 2. The second-order valence-corrected chi connectivity index (χ2v) is 4.46. The fraction of sp³-hybridized carbons (Fsp3) is 0.636. The maximum Gasteiger partial charge on any atom is 0.272 e. The van der Waals surface area contributed by atoms with E-state index in [0.29, 0.717) is 5.69 Å². The van der Waals surface area contributed by atoms with Crippen LogP contribution in [0.5, 0.6) is 0 Å². The number of nitrogens with zero attached hydrogens (tertiary/aromatic N) is 1. The molecule has 0 spiro atoms. The number of aromatic nitrogens is 2. The van der Waals surface area contributed by atoms with Crippen LogP contribution < -0.4 is 11.1 Å². The molecule has 2 unspecified atom stereocenters. The Morgan fingerprint density at radius 2 is 2.31 bits per heavy atom. The molecule has 2 rings (SSSR count). The molecule has 1 aliphatic rings. The molecule has 16 heavy (non-hydrogen) atoms. The van der Waals surface area contributed by atoms with Gasteiger partial charge in [-0.05, 0) is 25.8 Å². The number of nitrogens with two attached hydrogens (primary N) is 1. The van der Waals surface area contributed by atoms with Crippen LogP contribution in [0.2, 0.25) is 0 Å². The average molecular weight is 222 g/mol. The molecule has 0 saturated heterocycles. The van der Waals surface area contributed by atoms with Crippen molar-refractivity contribution >= 4 is 5.91 Å². The molecule has 2 atom stereocenters. The van der Waals surface area contributed by atoms with E-state index in [0.717, 1.165) is 31.4 Å². The van der Waals surface area contributed by atoms with Crippen LogP contribution in [0.15, 0.2) is 6.07 Å². The van der Waals surface area contributed by atoms with E-state index >= 15 is 0 Å². The zero-order valence-electron chi connectivity index (χ0n) is 9.49. The summed E-state index contributed by atoms with van der Waals surface area (Å²) in [5.74, 6) is -0.133. The average Bonchev–Trinajstić information content (AvgIpc) is 2.68. The largest absolute Gasteiger partial charge is 0.346 e. The Hall–Kier alpha value is -1.36. The number of nitrogens with one attached hydrogen (secondary N) is 2. The third-order valence-electron chi connectivity index (χ3n) is 3.07. The fourth-order valence-electron chi connectivity index (χ4n) is 2.12. The second kappa shape index (κ2) is 4.65. The van der Waals surface area contributed by atoms with Crippen molar-refractivity contribution in [2.24, 2.45) is 5.73 Å². The summed E-state index contributed by atoms with van der Waals surface area (Å²) in [5.41, 5.74) is 7.29. The molecule has 1 aromatic heterocycles. The predicted molar refractivity (Wildman–Crippen MR) is 61.0 cm³/mol. The number of aryl methyl sites for hydroxylation is 1. The Balaban J connectivity index is 1.96. The first-order valence-electron chi connectivity index (χ1n) is 5.75. The van der Waals surface area contributed by atoms with E-state index in [2.05, 4.69) is 15.5 Å². The highest BCUT2D eigenvalue weighted by molar-refractivity contribution is 5.92. The van der Waals surface area contributed by atoms with Crippen LogP contribution in [0.4, 0.5) is 0 Å². The zero-order chi connectivity index (χ0) is 11.5. The molecular weight excluding hydrogens is 204 g/mol. The minimum atomic E-state index is -0.133. The third kappa shape index (κ3) is 2.41. The van der Waals surface area contributed by atoms with Gasteiger partial charge >= 0.3 is 0 Å². The molecule has 1 saturated carbocycles. The highest BCUT2D eigenvalue weighted by Gasteiger charge is 2.24. The van der Waals surface area contributed by atoms with Crippen molar-refractivity contribution in [3.63, 3.8) is 0 Å². The standard InChI is InChI=1S/C11H18N4O/c1-7-6-10(15-14-7)11(16)13-9-5-3-2-4-8(9)12/h6,8-9H,2-5,12H2,1H3,(H,13,16)(H,14,15). The molecule has 1 amide bonds. The van der Waals surface area contributed by atoms with Gasteiger partial charge in [-0.1, -0.05) is 12.8 Å². The van der Waals surface area contributed by atoms with Gasteiger partial charge in [-0.3, -0.25) is 9.89 Å². The lowest BCUT2D eigenvalue weighted by molar-refractivity contribution is 0.0916. The lowest BCUT2D eigenvalue weighted by atomic mass is 9.91. The van der Waals surface area contributed by atoms with Crippen molar-refractivity contribution in [3.05, 3.63) is 17.5 Å². The summed E-state index contributed by atoms with van der Waals surface area (Å²) in [4.78, 5) is 11.8. The molecule has 4 N–H and O–H groups in total. The summed E-state index contributed by atoms with van der Waals surface area (Å²) in [7, 11) is 0. The Morgan fingerprint density at radius 1 is 1.56 bits per heavy atom. The van der Waals surface area contributed by atoms with E-state index in [4.69, 9.17) is 5.73 Å². The molecule has 1 aromatic rings. The number of H-pyrrole nitrogens is 1. The van der Waals surface area contributed by atoms with Gasteiger partial charge in [0.25, 0.3) is 5.91 Å². The zero-order valence-corrected chi connectivity index (χ0v) is 9.49. The fourth-order valence-corrected chi connectivity index (χ4v) is 2.12. The monoisotopic (exact) mass is 222 g/mol. The minimum Gasteiger partial charge on any atom is -0.346 e. The summed E-state index contributed by atoms with van der Waals surface area (Å²) < 4.78 is 0. The summed E-state index contributed by atoms with van der Waals surface area (Å²) >= 11 is 0. The summed E-state index contributed by atoms with van der Waals surface area (Å²) in [6, 6.07) is 1.92. The van der Waals surface area contributed by atoms with E-state index in [9.17, 15) is 4.79 Å². The number of carbonyl (C=O) groups excluding carboxylic acids is 1. The Bertz CT molecular complexity index is 374. The van der Waals surface area contributed by atoms with Gasteiger partial charge in [0.05, 0.1) is 0 Å². The number of amides is 1. The topological polar surface area (TPSA) is 83.8 Å². The number of hydrogen-bond donors (Lipinski definition) is 3. The predicted octanol–water partition coefficient (Wildman–Crippen LogP) is 0.718. The lowest BCUT2D eigenvalue weighted by Crippen LogP contribution is -2.49. The minimum absolute atomic E-state index is 0.0812. The maximum absolute atomic E-state index is 11.8. The highest BCUT2D eigenvalue weighted by Crippen LogP contribution is 2.17. The van der Waals surface area contributed by atoms with E-state index in [1.165, 1.54) is 0 Å². The lowest BCUT2D eigenvalue weighted by Gasteiger charge is -2.28. The van der Waals surface area contributed by atoms with Crippen LogP contribution in [-0.2, 0) is 0 Å². The van der Waals surface area contributed by atoms with Crippen LogP contribution in [0.1, 0.15) is 41.9 Å². The van der Waals surface area contributed by atoms with Crippen molar-refractivity contribution in [1.82, 2.24) is 15.5 Å². The molecular formula is C11H18N4O. The normalized spacial score (nSPS) is 25.4. The van der Waals surface area contributed by atoms with E-state index in [-0.39, 0.29) is 18.0 Å². The van der Waals surface area contributed by atoms with Crippen LogP contribution in [0.25, 0.3) is 0 Å². The first-order valence-corrected chi connectivity index (χ1v) is 5.75. The first-order chi connectivity index (χ1) is 7.66. The molecule has 1 aliphatic carbocycles. The highest BCUT2D eigenvalue weighted by atomic mass is 16.2. The maximum atomic E-state index is 11.8. The van der Waals surface area contributed by atoms with Gasteiger partial charge in [0.2, 0.25) is 0 Å². The molecule has 0 radical (unpaired) electrons. The molecule has 88 valence electrons. The van der Waals surface area contributed by atoms with E-state index in [1.807, 2.05) is 6.92 Å². The van der Waals surface area contributed by atoms with E-state index in [1.54, 1.807) is 6.07 Å². The van der Waals surface area contributed by atoms with Gasteiger partial charge in [-0.2, -0.15) is 5.10 Å². The second-order valence-electron chi connectivity index (χ2n) is 4.46. The number of hydrogen-bond acceptors (Lipinski definition) is 3. The van der Waals surface area contributed by atoms with Gasteiger partial charge in [-0.25, -0.2) is 0 Å². The smallest absolute Gasteiger partial charge is 0.272 e. The summed E-state index contributed by atoms with van der Waals surface area (Å²) in [6.45, 7) is 1.87. The molecule has 0 aliphatic heterocycles. The molecule has 0 aromatic carbocycles. The quantitative estimate of drug-likeness (QED) is 0.689. The van der Waals surface area contributed by atoms with Crippen LogP contribution in [-0.4, -0.2) is 28.2 Å². The first kappa shape index (κ1) is 11.1. The Labute approximate surface area is 94.8 Å². The van der Waals surface area contributed by atoms with Crippen molar-refractivity contribution in [3.8, 4) is 0 Å². The van der Waals surface area contributed by atoms with Crippen LogP contribution in [0, 0.1) is 6.92 Å². The Kier molecular flexibility index (Phi) is 3.24. The molecule has 5 nitrogen and oxygen atoms in total. The molecule has 0 bridgehead atoms. The van der Waals surface area contributed by atoms with Crippen LogP contribution in [0.3, 0.4) is 0 Å². The molecule has 5 heteroatoms. The van der Waals surface area contributed by atoms with E-state index < -0.39 is 0 Å².